The van der Waals surface area contributed by atoms with Gasteiger partial charge in [0.25, 0.3) is 0 Å². The lowest BCUT2D eigenvalue weighted by Crippen LogP contribution is -2.57. The summed E-state index contributed by atoms with van der Waals surface area (Å²) < 4.78 is 37.1. The fraction of sp³-hybridized carbons (Fsp3) is 0.562. The SMILES string of the molecule is CS(=O)(=O)C1(C(=O)NC2CC2c2c(F)cccc2Cl)CCNCC1. The number of carbonyl (C=O) groups is 1. The molecule has 0 aromatic heterocycles. The molecule has 2 fully saturated rings. The number of benzene rings is 1. The van der Waals surface area contributed by atoms with Gasteiger partial charge >= 0.3 is 0 Å². The number of carbonyl (C=O) groups excluding carboxylic acids is 1. The molecular weight excluding hydrogens is 355 g/mol. The van der Waals surface area contributed by atoms with Crippen molar-refractivity contribution in [3.8, 4) is 0 Å². The van der Waals surface area contributed by atoms with E-state index in [1.807, 2.05) is 0 Å². The summed E-state index contributed by atoms with van der Waals surface area (Å²) in [4.78, 5) is 12.7. The van der Waals surface area contributed by atoms with Crippen LogP contribution in [0.1, 0.15) is 30.7 Å². The van der Waals surface area contributed by atoms with E-state index in [4.69, 9.17) is 11.6 Å². The number of amides is 1. The van der Waals surface area contributed by atoms with Crippen molar-refractivity contribution in [2.45, 2.75) is 36.0 Å². The molecule has 1 aromatic rings. The van der Waals surface area contributed by atoms with Crippen molar-refractivity contribution in [2.24, 2.45) is 0 Å². The van der Waals surface area contributed by atoms with Crippen LogP contribution < -0.4 is 10.6 Å². The van der Waals surface area contributed by atoms with Crippen LogP contribution in [0.3, 0.4) is 0 Å². The van der Waals surface area contributed by atoms with Crippen molar-refractivity contribution >= 4 is 27.3 Å². The van der Waals surface area contributed by atoms with E-state index in [0.717, 1.165) is 6.26 Å². The van der Waals surface area contributed by atoms with Crippen LogP contribution in [0.5, 0.6) is 0 Å². The Morgan fingerprint density at radius 1 is 1.38 bits per heavy atom. The highest BCUT2D eigenvalue weighted by Crippen LogP contribution is 2.45. The molecule has 0 spiro atoms. The lowest BCUT2D eigenvalue weighted by Gasteiger charge is -2.34. The van der Waals surface area contributed by atoms with Crippen molar-refractivity contribution in [2.75, 3.05) is 19.3 Å². The lowest BCUT2D eigenvalue weighted by molar-refractivity contribution is -0.124. The van der Waals surface area contributed by atoms with E-state index in [1.165, 1.54) is 12.1 Å². The molecule has 1 amide bonds. The second-order valence-corrected chi connectivity index (χ2v) is 9.31. The van der Waals surface area contributed by atoms with Crippen LogP contribution in [-0.2, 0) is 14.6 Å². The summed E-state index contributed by atoms with van der Waals surface area (Å²) in [5.74, 6) is -1.09. The predicted octanol–water partition coefficient (Wildman–Crippen LogP) is 1.62. The van der Waals surface area contributed by atoms with Crippen molar-refractivity contribution in [1.29, 1.82) is 0 Å². The molecule has 0 radical (unpaired) electrons. The largest absolute Gasteiger partial charge is 0.351 e. The highest BCUT2D eigenvalue weighted by Gasteiger charge is 2.51. The Hall–Kier alpha value is -1.18. The first-order valence-corrected chi connectivity index (χ1v) is 10.2. The van der Waals surface area contributed by atoms with Crippen LogP contribution in [0.4, 0.5) is 4.39 Å². The van der Waals surface area contributed by atoms with Crippen LogP contribution in [0.25, 0.3) is 0 Å². The Morgan fingerprint density at radius 3 is 2.62 bits per heavy atom. The fourth-order valence-electron chi connectivity index (χ4n) is 3.44. The minimum atomic E-state index is -3.56. The number of rotatable bonds is 4. The molecule has 3 rings (SSSR count). The van der Waals surface area contributed by atoms with Gasteiger partial charge in [0, 0.05) is 28.8 Å². The number of nitrogens with one attached hydrogen (secondary N) is 2. The van der Waals surface area contributed by atoms with E-state index in [0.29, 0.717) is 30.1 Å². The molecule has 2 aliphatic rings. The zero-order chi connectivity index (χ0) is 17.5. The molecule has 132 valence electrons. The van der Waals surface area contributed by atoms with E-state index in [-0.39, 0.29) is 24.8 Å². The average molecular weight is 375 g/mol. The molecule has 2 N–H and O–H groups in total. The summed E-state index contributed by atoms with van der Waals surface area (Å²) in [6.45, 7) is 0.960. The lowest BCUT2D eigenvalue weighted by atomic mass is 9.95. The molecule has 1 aliphatic carbocycles. The molecule has 2 unspecified atom stereocenters. The molecular formula is C16H20ClFN2O3S. The van der Waals surface area contributed by atoms with E-state index in [9.17, 15) is 17.6 Å². The molecule has 1 aliphatic heterocycles. The zero-order valence-electron chi connectivity index (χ0n) is 13.3. The summed E-state index contributed by atoms with van der Waals surface area (Å²) in [5, 5.41) is 6.21. The zero-order valence-corrected chi connectivity index (χ0v) is 14.9. The van der Waals surface area contributed by atoms with Gasteiger partial charge in [0.2, 0.25) is 5.91 Å². The highest BCUT2D eigenvalue weighted by atomic mass is 35.5. The van der Waals surface area contributed by atoms with E-state index < -0.39 is 26.3 Å². The number of sulfone groups is 1. The summed E-state index contributed by atoms with van der Waals surface area (Å²) in [6.07, 6.45) is 2.16. The van der Waals surface area contributed by atoms with E-state index in [1.54, 1.807) is 6.07 Å². The van der Waals surface area contributed by atoms with Crippen molar-refractivity contribution in [3.63, 3.8) is 0 Å². The summed E-state index contributed by atoms with van der Waals surface area (Å²) >= 11 is 6.06. The number of halogens is 2. The third-order valence-electron chi connectivity index (χ3n) is 5.01. The normalized spacial score (nSPS) is 26.0. The highest BCUT2D eigenvalue weighted by molar-refractivity contribution is 7.92. The van der Waals surface area contributed by atoms with Crippen LogP contribution in [0.15, 0.2) is 18.2 Å². The summed E-state index contributed by atoms with van der Waals surface area (Å²) in [5.41, 5.74) is 0.392. The third-order valence-corrected chi connectivity index (χ3v) is 7.36. The van der Waals surface area contributed by atoms with Crippen molar-refractivity contribution < 1.29 is 17.6 Å². The standard InChI is InChI=1S/C16H20ClFN2O3S/c1-24(22,23)16(5-7-19-8-6-16)15(21)20-13-9-10(13)14-11(17)3-2-4-12(14)18/h2-4,10,13,19H,5-9H2,1H3,(H,20,21). The maximum Gasteiger partial charge on any atom is 0.241 e. The smallest absolute Gasteiger partial charge is 0.241 e. The molecule has 5 nitrogen and oxygen atoms in total. The first kappa shape index (κ1) is 17.6. The molecule has 8 heteroatoms. The Labute approximate surface area is 145 Å². The van der Waals surface area contributed by atoms with Crippen LogP contribution in [0, 0.1) is 5.82 Å². The van der Waals surface area contributed by atoms with Crippen molar-refractivity contribution in [1.82, 2.24) is 10.6 Å². The molecule has 1 aromatic carbocycles. The van der Waals surface area contributed by atoms with Crippen molar-refractivity contribution in [3.05, 3.63) is 34.6 Å². The molecule has 24 heavy (non-hydrogen) atoms. The number of hydrogen-bond donors (Lipinski definition) is 2. The third kappa shape index (κ3) is 3.05. The Balaban J connectivity index is 1.76. The van der Waals surface area contributed by atoms with E-state index in [2.05, 4.69) is 10.6 Å². The maximum atomic E-state index is 14.0. The van der Waals surface area contributed by atoms with Gasteiger partial charge < -0.3 is 10.6 Å². The maximum absolute atomic E-state index is 14.0. The van der Waals surface area contributed by atoms with Gasteiger partial charge in [-0.05, 0) is 44.5 Å². The molecule has 1 heterocycles. The Morgan fingerprint density at radius 2 is 2.04 bits per heavy atom. The Kier molecular flexibility index (Phi) is 4.61. The topological polar surface area (TPSA) is 75.3 Å². The monoisotopic (exact) mass is 374 g/mol. The molecule has 1 saturated heterocycles. The Bertz CT molecular complexity index is 742. The average Bonchev–Trinajstić information content (AvgIpc) is 3.25. The summed E-state index contributed by atoms with van der Waals surface area (Å²) in [7, 11) is -3.56. The summed E-state index contributed by atoms with van der Waals surface area (Å²) in [6, 6.07) is 4.20. The number of piperidine rings is 1. The second-order valence-electron chi connectivity index (χ2n) is 6.57. The van der Waals surface area contributed by atoms with Crippen LogP contribution in [-0.4, -0.2) is 44.5 Å². The number of hydrogen-bond acceptors (Lipinski definition) is 4. The van der Waals surface area contributed by atoms with Crippen LogP contribution >= 0.6 is 11.6 Å². The molecule has 1 saturated carbocycles. The quantitative estimate of drug-likeness (QED) is 0.839. The van der Waals surface area contributed by atoms with Crippen LogP contribution in [0.2, 0.25) is 5.02 Å². The molecule has 0 bridgehead atoms. The fourth-order valence-corrected chi connectivity index (χ4v) is 5.08. The van der Waals surface area contributed by atoms with Gasteiger partial charge in [-0.3, -0.25) is 4.79 Å². The second kappa shape index (κ2) is 6.28. The minimum Gasteiger partial charge on any atom is -0.351 e. The molecule has 2 atom stereocenters. The van der Waals surface area contributed by atoms with Gasteiger partial charge in [0.05, 0.1) is 0 Å². The first-order chi connectivity index (χ1) is 11.3. The predicted molar refractivity (Wildman–Crippen MR) is 90.4 cm³/mol. The van der Waals surface area contributed by atoms with Gasteiger partial charge in [-0.25, -0.2) is 12.8 Å². The van der Waals surface area contributed by atoms with Gasteiger partial charge in [-0.2, -0.15) is 0 Å². The van der Waals surface area contributed by atoms with Gasteiger partial charge in [0.1, 0.15) is 5.82 Å². The minimum absolute atomic E-state index is 0.207. The van der Waals surface area contributed by atoms with Gasteiger partial charge in [-0.15, -0.1) is 0 Å². The first-order valence-electron chi connectivity index (χ1n) is 7.91. The van der Waals surface area contributed by atoms with Gasteiger partial charge in [0.15, 0.2) is 14.6 Å². The van der Waals surface area contributed by atoms with E-state index >= 15 is 0 Å². The van der Waals surface area contributed by atoms with Gasteiger partial charge in [-0.1, -0.05) is 17.7 Å².